The normalized spacial score (nSPS) is 22.0. The molecule has 25 heavy (non-hydrogen) atoms. The number of nitro benzene ring substituents is 1. The Bertz CT molecular complexity index is 638. The fraction of sp³-hybridized carbons (Fsp3) is 0.588. The average molecular weight is 348 g/mol. The number of carbonyl (C=O) groups is 1. The molecule has 1 amide bonds. The van der Waals surface area contributed by atoms with Crippen molar-refractivity contribution in [2.75, 3.05) is 38.2 Å². The third-order valence-electron chi connectivity index (χ3n) is 4.97. The van der Waals surface area contributed by atoms with Crippen LogP contribution in [0.1, 0.15) is 29.6 Å². The second-order valence-corrected chi connectivity index (χ2v) is 6.80. The van der Waals surface area contributed by atoms with Crippen LogP contribution in [0.4, 0.5) is 11.4 Å². The van der Waals surface area contributed by atoms with Crippen LogP contribution in [0.15, 0.2) is 18.2 Å². The van der Waals surface area contributed by atoms with E-state index in [1.165, 1.54) is 12.1 Å². The molecule has 1 unspecified atom stereocenters. The number of ether oxygens (including phenoxy) is 1. The summed E-state index contributed by atoms with van der Waals surface area (Å²) in [6, 6.07) is 4.43. The highest BCUT2D eigenvalue weighted by atomic mass is 16.6. The number of non-ortho nitro benzene ring substituents is 1. The predicted octanol–water partition coefficient (Wildman–Crippen LogP) is 1.61. The van der Waals surface area contributed by atoms with E-state index in [1.54, 1.807) is 6.07 Å². The van der Waals surface area contributed by atoms with E-state index >= 15 is 0 Å². The molecule has 1 aromatic carbocycles. The van der Waals surface area contributed by atoms with E-state index in [4.69, 9.17) is 10.5 Å². The van der Waals surface area contributed by atoms with E-state index in [1.807, 2.05) is 0 Å². The van der Waals surface area contributed by atoms with Crippen LogP contribution in [0, 0.1) is 16.0 Å². The Kier molecular flexibility index (Phi) is 5.50. The number of nitrogens with two attached hydrogens (primary N) is 1. The Morgan fingerprint density at radius 2 is 2.12 bits per heavy atom. The van der Waals surface area contributed by atoms with Crippen molar-refractivity contribution in [3.63, 3.8) is 0 Å². The minimum atomic E-state index is -0.662. The maximum atomic E-state index is 11.6. The van der Waals surface area contributed by atoms with Crippen molar-refractivity contribution in [2.24, 2.45) is 11.7 Å². The molecule has 8 nitrogen and oxygen atoms in total. The molecule has 0 spiro atoms. The van der Waals surface area contributed by atoms with Gasteiger partial charge >= 0.3 is 0 Å². The molecule has 8 heteroatoms. The molecule has 0 bridgehead atoms. The number of benzene rings is 1. The van der Waals surface area contributed by atoms with Crippen LogP contribution in [0.2, 0.25) is 0 Å². The Morgan fingerprint density at radius 3 is 2.72 bits per heavy atom. The van der Waals surface area contributed by atoms with Gasteiger partial charge in [0.25, 0.3) is 11.6 Å². The maximum Gasteiger partial charge on any atom is 0.270 e. The largest absolute Gasteiger partial charge is 0.382 e. The molecule has 2 fully saturated rings. The van der Waals surface area contributed by atoms with E-state index in [-0.39, 0.29) is 17.3 Å². The molecule has 0 aromatic heterocycles. The smallest absolute Gasteiger partial charge is 0.270 e. The van der Waals surface area contributed by atoms with Gasteiger partial charge in [0, 0.05) is 50.1 Å². The zero-order chi connectivity index (χ0) is 17.8. The topological polar surface area (TPSA) is 111 Å². The average Bonchev–Trinajstić information content (AvgIpc) is 3.09. The number of rotatable bonds is 6. The highest BCUT2D eigenvalue weighted by Crippen LogP contribution is 2.25. The summed E-state index contributed by atoms with van der Waals surface area (Å²) in [5.41, 5.74) is 5.99. The monoisotopic (exact) mass is 348 g/mol. The summed E-state index contributed by atoms with van der Waals surface area (Å²) in [5.74, 6) is -0.0227. The SMILES string of the molecule is NC(=O)c1cc([N+](=O)[O-])ccc1NC1CCN(CC2CCOC2)CC1. The van der Waals surface area contributed by atoms with Crippen LogP contribution in [-0.2, 0) is 4.74 Å². The van der Waals surface area contributed by atoms with Crippen LogP contribution in [-0.4, -0.2) is 54.6 Å². The molecule has 0 saturated carbocycles. The molecule has 2 saturated heterocycles. The lowest BCUT2D eigenvalue weighted by Gasteiger charge is -2.34. The van der Waals surface area contributed by atoms with Gasteiger partial charge in [0.05, 0.1) is 17.1 Å². The minimum Gasteiger partial charge on any atom is -0.382 e. The van der Waals surface area contributed by atoms with Gasteiger partial charge in [0.2, 0.25) is 0 Å². The Labute approximate surface area is 146 Å². The number of nitrogens with one attached hydrogen (secondary N) is 1. The number of hydrogen-bond donors (Lipinski definition) is 2. The van der Waals surface area contributed by atoms with Crippen molar-refractivity contribution >= 4 is 17.3 Å². The standard InChI is InChI=1S/C17H24N4O4/c18-17(22)15-9-14(21(23)24)1-2-16(15)19-13-3-6-20(7-4-13)10-12-5-8-25-11-12/h1-2,9,12-13,19H,3-8,10-11H2,(H2,18,22). The molecule has 1 aromatic rings. The van der Waals surface area contributed by atoms with Crippen LogP contribution < -0.4 is 11.1 Å². The number of hydrogen-bond acceptors (Lipinski definition) is 6. The molecule has 2 aliphatic rings. The summed E-state index contributed by atoms with van der Waals surface area (Å²) in [6.07, 6.45) is 3.06. The highest BCUT2D eigenvalue weighted by Gasteiger charge is 2.25. The Morgan fingerprint density at radius 1 is 1.36 bits per heavy atom. The molecule has 2 heterocycles. The number of primary amides is 1. The van der Waals surface area contributed by atoms with Crippen molar-refractivity contribution in [1.29, 1.82) is 0 Å². The van der Waals surface area contributed by atoms with Crippen molar-refractivity contribution in [2.45, 2.75) is 25.3 Å². The lowest BCUT2D eigenvalue weighted by molar-refractivity contribution is -0.384. The first-order valence-corrected chi connectivity index (χ1v) is 8.68. The van der Waals surface area contributed by atoms with Gasteiger partial charge in [-0.3, -0.25) is 14.9 Å². The van der Waals surface area contributed by atoms with Gasteiger partial charge in [-0.25, -0.2) is 0 Å². The number of likely N-dealkylation sites (tertiary alicyclic amines) is 1. The third-order valence-corrected chi connectivity index (χ3v) is 4.97. The zero-order valence-corrected chi connectivity index (χ0v) is 14.1. The molecule has 0 aliphatic carbocycles. The van der Waals surface area contributed by atoms with Gasteiger partial charge < -0.3 is 20.7 Å². The first-order chi connectivity index (χ1) is 12.0. The summed E-state index contributed by atoms with van der Waals surface area (Å²) in [5, 5.41) is 14.2. The molecule has 3 rings (SSSR count). The quantitative estimate of drug-likeness (QED) is 0.597. The summed E-state index contributed by atoms with van der Waals surface area (Å²) in [6.45, 7) is 4.80. The van der Waals surface area contributed by atoms with Gasteiger partial charge in [-0.2, -0.15) is 0 Å². The Hall–Kier alpha value is -2.19. The first-order valence-electron chi connectivity index (χ1n) is 8.68. The number of piperidine rings is 1. The van der Waals surface area contributed by atoms with E-state index < -0.39 is 10.8 Å². The fourth-order valence-corrected chi connectivity index (χ4v) is 3.55. The van der Waals surface area contributed by atoms with Crippen molar-refractivity contribution in [3.8, 4) is 0 Å². The molecular formula is C17H24N4O4. The molecular weight excluding hydrogens is 324 g/mol. The number of amides is 1. The van der Waals surface area contributed by atoms with Crippen LogP contribution in [0.3, 0.4) is 0 Å². The third kappa shape index (κ3) is 4.46. The van der Waals surface area contributed by atoms with Crippen LogP contribution in [0.5, 0.6) is 0 Å². The summed E-state index contributed by atoms with van der Waals surface area (Å²) < 4.78 is 5.43. The fourth-order valence-electron chi connectivity index (χ4n) is 3.55. The van der Waals surface area contributed by atoms with Gasteiger partial charge in [-0.05, 0) is 31.2 Å². The van der Waals surface area contributed by atoms with Crippen molar-refractivity contribution < 1.29 is 14.5 Å². The Balaban J connectivity index is 1.58. The van der Waals surface area contributed by atoms with Crippen LogP contribution >= 0.6 is 0 Å². The van der Waals surface area contributed by atoms with Gasteiger partial charge in [0.15, 0.2) is 0 Å². The second-order valence-electron chi connectivity index (χ2n) is 6.80. The maximum absolute atomic E-state index is 11.6. The minimum absolute atomic E-state index is 0.132. The molecule has 2 aliphatic heterocycles. The zero-order valence-electron chi connectivity index (χ0n) is 14.1. The number of anilines is 1. The van der Waals surface area contributed by atoms with Gasteiger partial charge in [0.1, 0.15) is 0 Å². The molecule has 1 atom stereocenters. The predicted molar refractivity (Wildman–Crippen MR) is 93.6 cm³/mol. The number of nitro groups is 1. The highest BCUT2D eigenvalue weighted by molar-refractivity contribution is 5.99. The molecule has 3 N–H and O–H groups in total. The molecule has 136 valence electrons. The van der Waals surface area contributed by atoms with E-state index in [0.29, 0.717) is 11.6 Å². The second kappa shape index (κ2) is 7.79. The summed E-state index contributed by atoms with van der Waals surface area (Å²) >= 11 is 0. The molecule has 0 radical (unpaired) electrons. The first kappa shape index (κ1) is 17.6. The van der Waals surface area contributed by atoms with Crippen LogP contribution in [0.25, 0.3) is 0 Å². The van der Waals surface area contributed by atoms with E-state index in [9.17, 15) is 14.9 Å². The van der Waals surface area contributed by atoms with Gasteiger partial charge in [-0.15, -0.1) is 0 Å². The van der Waals surface area contributed by atoms with E-state index in [0.717, 1.165) is 52.1 Å². The van der Waals surface area contributed by atoms with Crippen molar-refractivity contribution in [3.05, 3.63) is 33.9 Å². The summed E-state index contributed by atoms with van der Waals surface area (Å²) in [4.78, 5) is 24.4. The lowest BCUT2D eigenvalue weighted by Crippen LogP contribution is -2.41. The number of nitrogens with zero attached hydrogens (tertiary/aromatic N) is 2. The van der Waals surface area contributed by atoms with Gasteiger partial charge in [-0.1, -0.05) is 0 Å². The lowest BCUT2D eigenvalue weighted by atomic mass is 10.0. The van der Waals surface area contributed by atoms with E-state index in [2.05, 4.69) is 10.2 Å². The summed E-state index contributed by atoms with van der Waals surface area (Å²) in [7, 11) is 0. The van der Waals surface area contributed by atoms with Crippen molar-refractivity contribution in [1.82, 2.24) is 4.90 Å². The number of carbonyl (C=O) groups excluding carboxylic acids is 1.